The molecule has 2 rings (SSSR count). The predicted molar refractivity (Wildman–Crippen MR) is 74.7 cm³/mol. The number of carbonyl (C=O) groups is 3. The van der Waals surface area contributed by atoms with Crippen molar-refractivity contribution in [2.75, 3.05) is 31.5 Å². The highest BCUT2D eigenvalue weighted by molar-refractivity contribution is 5.96. The van der Waals surface area contributed by atoms with Gasteiger partial charge < -0.3 is 15.1 Å². The quantitative estimate of drug-likeness (QED) is 0.665. The van der Waals surface area contributed by atoms with Crippen molar-refractivity contribution in [1.82, 2.24) is 9.80 Å². The fourth-order valence-electron chi connectivity index (χ4n) is 2.05. The summed E-state index contributed by atoms with van der Waals surface area (Å²) in [5, 5.41) is 2.77. The van der Waals surface area contributed by atoms with E-state index in [2.05, 4.69) is 5.32 Å². The highest BCUT2D eigenvalue weighted by Crippen LogP contribution is 2.12. The van der Waals surface area contributed by atoms with Gasteiger partial charge in [0, 0.05) is 37.4 Å². The number of hydrogen-bond acceptors (Lipinski definition) is 3. The zero-order valence-corrected chi connectivity index (χ0v) is 11.3. The zero-order chi connectivity index (χ0) is 14.5. The van der Waals surface area contributed by atoms with Crippen molar-refractivity contribution in [3.05, 3.63) is 29.8 Å². The Morgan fingerprint density at radius 3 is 2.50 bits per heavy atom. The molecular weight excluding hydrogens is 258 g/mol. The van der Waals surface area contributed by atoms with Crippen LogP contribution in [0.4, 0.5) is 10.5 Å². The number of nitrogens with zero attached hydrogens (tertiary/aromatic N) is 2. The molecule has 1 aliphatic rings. The minimum absolute atomic E-state index is 0.0410. The van der Waals surface area contributed by atoms with Crippen molar-refractivity contribution in [2.24, 2.45) is 0 Å². The van der Waals surface area contributed by atoms with Crippen molar-refractivity contribution >= 4 is 23.9 Å². The number of nitrogens with one attached hydrogen (secondary N) is 1. The predicted octanol–water partition coefficient (Wildman–Crippen LogP) is 1.20. The molecule has 0 bridgehead atoms. The van der Waals surface area contributed by atoms with Gasteiger partial charge in [-0.05, 0) is 19.1 Å². The fraction of sp³-hybridized carbons (Fsp3) is 0.357. The van der Waals surface area contributed by atoms with E-state index in [4.69, 9.17) is 0 Å². The second-order valence-electron chi connectivity index (χ2n) is 4.70. The van der Waals surface area contributed by atoms with Gasteiger partial charge in [-0.3, -0.25) is 9.59 Å². The number of Topliss-reactive ketones (excluding diaryl/α,β-unsaturated/α-hetero) is 1. The number of benzene rings is 1. The first-order chi connectivity index (χ1) is 9.60. The van der Waals surface area contributed by atoms with Gasteiger partial charge >= 0.3 is 6.03 Å². The van der Waals surface area contributed by atoms with Crippen molar-refractivity contribution in [1.29, 1.82) is 0 Å². The Kier molecular flexibility index (Phi) is 4.34. The Hall–Kier alpha value is -2.37. The van der Waals surface area contributed by atoms with E-state index in [-0.39, 0.29) is 11.8 Å². The van der Waals surface area contributed by atoms with Crippen LogP contribution in [0, 0.1) is 0 Å². The summed E-state index contributed by atoms with van der Waals surface area (Å²) in [6.45, 7) is 3.60. The maximum absolute atomic E-state index is 12.1. The number of anilines is 1. The van der Waals surface area contributed by atoms with E-state index >= 15 is 0 Å². The van der Waals surface area contributed by atoms with Gasteiger partial charge in [-0.1, -0.05) is 12.1 Å². The summed E-state index contributed by atoms with van der Waals surface area (Å²) in [4.78, 5) is 37.3. The molecule has 1 saturated heterocycles. The molecule has 0 spiro atoms. The summed E-state index contributed by atoms with van der Waals surface area (Å²) in [6.07, 6.45) is 0.797. The van der Waals surface area contributed by atoms with E-state index in [1.54, 1.807) is 34.1 Å². The van der Waals surface area contributed by atoms with Gasteiger partial charge in [0.15, 0.2) is 5.78 Å². The summed E-state index contributed by atoms with van der Waals surface area (Å²) < 4.78 is 0. The van der Waals surface area contributed by atoms with Crippen molar-refractivity contribution < 1.29 is 14.4 Å². The van der Waals surface area contributed by atoms with Crippen LogP contribution in [0.15, 0.2) is 24.3 Å². The molecule has 0 aromatic heterocycles. The summed E-state index contributed by atoms with van der Waals surface area (Å²) in [5.41, 5.74) is 1.16. The molecule has 1 aliphatic heterocycles. The van der Waals surface area contributed by atoms with Crippen LogP contribution in [0.1, 0.15) is 17.3 Å². The first-order valence-corrected chi connectivity index (χ1v) is 6.46. The molecule has 0 unspecified atom stereocenters. The van der Waals surface area contributed by atoms with E-state index in [0.29, 0.717) is 37.4 Å². The van der Waals surface area contributed by atoms with Gasteiger partial charge in [0.05, 0.1) is 0 Å². The fourth-order valence-corrected chi connectivity index (χ4v) is 2.05. The molecule has 1 N–H and O–H groups in total. The molecule has 20 heavy (non-hydrogen) atoms. The molecule has 0 radical (unpaired) electrons. The van der Waals surface area contributed by atoms with Crippen LogP contribution in [0.25, 0.3) is 0 Å². The summed E-state index contributed by atoms with van der Waals surface area (Å²) in [7, 11) is 0. The van der Waals surface area contributed by atoms with E-state index < -0.39 is 0 Å². The molecule has 1 aromatic carbocycles. The minimum atomic E-state index is -0.212. The maximum Gasteiger partial charge on any atom is 0.321 e. The SMILES string of the molecule is CC(=O)c1cccc(NC(=O)N2CCN(C=O)CC2)c1. The first-order valence-electron chi connectivity index (χ1n) is 6.46. The average molecular weight is 275 g/mol. The van der Waals surface area contributed by atoms with Crippen LogP contribution in [-0.2, 0) is 4.79 Å². The van der Waals surface area contributed by atoms with Crippen molar-refractivity contribution in [3.63, 3.8) is 0 Å². The average Bonchev–Trinajstić information content (AvgIpc) is 2.47. The van der Waals surface area contributed by atoms with Gasteiger partial charge in [-0.15, -0.1) is 0 Å². The number of amides is 3. The smallest absolute Gasteiger partial charge is 0.321 e. The standard InChI is InChI=1S/C14H17N3O3/c1-11(19)12-3-2-4-13(9-12)15-14(20)17-7-5-16(10-18)6-8-17/h2-4,9-10H,5-8H2,1H3,(H,15,20). The summed E-state index contributed by atoms with van der Waals surface area (Å²) in [5.74, 6) is -0.0410. The molecule has 1 heterocycles. The van der Waals surface area contributed by atoms with Gasteiger partial charge in [0.2, 0.25) is 6.41 Å². The number of urea groups is 1. The van der Waals surface area contributed by atoms with E-state index in [0.717, 1.165) is 6.41 Å². The molecule has 1 aromatic rings. The lowest BCUT2D eigenvalue weighted by Gasteiger charge is -2.32. The highest BCUT2D eigenvalue weighted by atomic mass is 16.2. The zero-order valence-electron chi connectivity index (χ0n) is 11.3. The Morgan fingerprint density at radius 2 is 1.90 bits per heavy atom. The third-order valence-electron chi connectivity index (χ3n) is 3.27. The van der Waals surface area contributed by atoms with Gasteiger partial charge in [0.1, 0.15) is 0 Å². The molecule has 6 nitrogen and oxygen atoms in total. The molecule has 6 heteroatoms. The largest absolute Gasteiger partial charge is 0.342 e. The van der Waals surface area contributed by atoms with Crippen LogP contribution in [0.2, 0.25) is 0 Å². The number of rotatable bonds is 3. The van der Waals surface area contributed by atoms with Crippen molar-refractivity contribution in [2.45, 2.75) is 6.92 Å². The number of carbonyl (C=O) groups excluding carboxylic acids is 3. The molecule has 0 saturated carbocycles. The maximum atomic E-state index is 12.1. The third kappa shape index (κ3) is 3.34. The Bertz CT molecular complexity index is 522. The summed E-state index contributed by atoms with van der Waals surface area (Å²) >= 11 is 0. The van der Waals surface area contributed by atoms with Crippen LogP contribution in [0.5, 0.6) is 0 Å². The molecule has 3 amide bonds. The third-order valence-corrected chi connectivity index (χ3v) is 3.27. The molecule has 0 aliphatic carbocycles. The van der Waals surface area contributed by atoms with Gasteiger partial charge in [0.25, 0.3) is 0 Å². The second-order valence-corrected chi connectivity index (χ2v) is 4.70. The number of hydrogen-bond donors (Lipinski definition) is 1. The van der Waals surface area contributed by atoms with Crippen LogP contribution in [0.3, 0.4) is 0 Å². The Labute approximate surface area is 117 Å². The number of ketones is 1. The molecule has 0 atom stereocenters. The topological polar surface area (TPSA) is 69.7 Å². The van der Waals surface area contributed by atoms with E-state index in [1.807, 2.05) is 0 Å². The first kappa shape index (κ1) is 14.0. The van der Waals surface area contributed by atoms with Crippen LogP contribution in [-0.4, -0.2) is 54.2 Å². The molecular formula is C14H17N3O3. The second kappa shape index (κ2) is 6.18. The van der Waals surface area contributed by atoms with Crippen LogP contribution < -0.4 is 5.32 Å². The Morgan fingerprint density at radius 1 is 1.20 bits per heavy atom. The Balaban J connectivity index is 1.96. The van der Waals surface area contributed by atoms with Gasteiger partial charge in [-0.25, -0.2) is 4.79 Å². The monoisotopic (exact) mass is 275 g/mol. The molecule has 106 valence electrons. The van der Waals surface area contributed by atoms with Crippen LogP contribution >= 0.6 is 0 Å². The van der Waals surface area contributed by atoms with Gasteiger partial charge in [-0.2, -0.15) is 0 Å². The normalized spacial score (nSPS) is 14.8. The summed E-state index contributed by atoms with van der Waals surface area (Å²) in [6, 6.07) is 6.63. The lowest BCUT2D eigenvalue weighted by atomic mass is 10.1. The molecule has 1 fully saturated rings. The highest BCUT2D eigenvalue weighted by Gasteiger charge is 2.20. The lowest BCUT2D eigenvalue weighted by Crippen LogP contribution is -2.49. The van der Waals surface area contributed by atoms with Crippen molar-refractivity contribution in [3.8, 4) is 0 Å². The minimum Gasteiger partial charge on any atom is -0.342 e. The lowest BCUT2D eigenvalue weighted by molar-refractivity contribution is -0.119. The number of piperazine rings is 1. The van der Waals surface area contributed by atoms with E-state index in [1.165, 1.54) is 6.92 Å². The van der Waals surface area contributed by atoms with E-state index in [9.17, 15) is 14.4 Å².